The third-order valence-electron chi connectivity index (χ3n) is 4.20. The lowest BCUT2D eigenvalue weighted by Crippen LogP contribution is -2.66. The average molecular weight is 360 g/mol. The molecule has 0 bridgehead atoms. The third kappa shape index (κ3) is 4.31. The minimum atomic E-state index is -2.38. The van der Waals surface area contributed by atoms with E-state index in [0.717, 1.165) is 12.4 Å². The van der Waals surface area contributed by atoms with Crippen LogP contribution in [-0.2, 0) is 4.43 Å². The SMILES string of the molecule is CC(N)SCCO[Si](c1ccccc1)(c1ccccc1)C(C)(C)C. The van der Waals surface area contributed by atoms with Gasteiger partial charge in [-0.3, -0.25) is 0 Å². The first kappa shape index (κ1) is 19.3. The number of hydrogen-bond acceptors (Lipinski definition) is 3. The minimum absolute atomic E-state index is 0.0364. The summed E-state index contributed by atoms with van der Waals surface area (Å²) in [5, 5.41) is 2.84. The van der Waals surface area contributed by atoms with E-state index in [0.29, 0.717) is 0 Å². The Kier molecular flexibility index (Phi) is 6.69. The molecule has 0 aromatic heterocycles. The molecule has 2 rings (SSSR count). The normalized spacial score (nSPS) is 13.7. The standard InChI is InChI=1S/C20H29NOSSi/c1-17(21)23-16-15-22-24(20(2,3)4,18-11-7-5-8-12-18)19-13-9-6-10-14-19/h5-14,17H,15-16,21H2,1-4H3. The summed E-state index contributed by atoms with van der Waals surface area (Å²) in [6, 6.07) is 21.5. The second kappa shape index (κ2) is 8.34. The molecule has 4 heteroatoms. The molecule has 0 fully saturated rings. The van der Waals surface area contributed by atoms with Crippen LogP contribution >= 0.6 is 11.8 Å². The lowest BCUT2D eigenvalue weighted by molar-refractivity contribution is 0.322. The van der Waals surface area contributed by atoms with Crippen molar-refractivity contribution in [2.75, 3.05) is 12.4 Å². The molecule has 0 aliphatic rings. The summed E-state index contributed by atoms with van der Waals surface area (Å²) in [5.41, 5.74) is 5.87. The van der Waals surface area contributed by atoms with Gasteiger partial charge in [0.15, 0.2) is 0 Å². The lowest BCUT2D eigenvalue weighted by Gasteiger charge is -2.43. The van der Waals surface area contributed by atoms with E-state index < -0.39 is 8.32 Å². The molecule has 1 atom stereocenters. The van der Waals surface area contributed by atoms with E-state index in [4.69, 9.17) is 10.2 Å². The molecule has 0 aliphatic carbocycles. The third-order valence-corrected chi connectivity index (χ3v) is 10.2. The van der Waals surface area contributed by atoms with Crippen molar-refractivity contribution in [2.24, 2.45) is 5.73 Å². The molecule has 2 aromatic rings. The molecule has 0 amide bonds. The number of benzene rings is 2. The molecule has 130 valence electrons. The van der Waals surface area contributed by atoms with Gasteiger partial charge in [-0.1, -0.05) is 81.4 Å². The van der Waals surface area contributed by atoms with Crippen LogP contribution in [0.3, 0.4) is 0 Å². The number of hydrogen-bond donors (Lipinski definition) is 1. The van der Waals surface area contributed by atoms with Crippen molar-refractivity contribution in [3.63, 3.8) is 0 Å². The molecule has 0 heterocycles. The van der Waals surface area contributed by atoms with Crippen LogP contribution in [0.1, 0.15) is 27.7 Å². The van der Waals surface area contributed by atoms with E-state index >= 15 is 0 Å². The average Bonchev–Trinajstić information content (AvgIpc) is 2.55. The summed E-state index contributed by atoms with van der Waals surface area (Å²) in [6.45, 7) is 9.65. The van der Waals surface area contributed by atoms with Gasteiger partial charge in [-0.25, -0.2) is 0 Å². The summed E-state index contributed by atoms with van der Waals surface area (Å²) in [5.74, 6) is 0.919. The zero-order valence-electron chi connectivity index (χ0n) is 15.2. The fraction of sp³-hybridized carbons (Fsp3) is 0.400. The zero-order chi connectivity index (χ0) is 17.6. The molecule has 0 saturated heterocycles. The Hall–Kier alpha value is -1.07. The van der Waals surface area contributed by atoms with E-state index in [-0.39, 0.29) is 10.4 Å². The molecular weight excluding hydrogens is 330 g/mol. The van der Waals surface area contributed by atoms with Crippen molar-refractivity contribution in [3.8, 4) is 0 Å². The molecule has 0 radical (unpaired) electrons. The van der Waals surface area contributed by atoms with E-state index in [1.54, 1.807) is 11.8 Å². The van der Waals surface area contributed by atoms with Crippen molar-refractivity contribution in [1.29, 1.82) is 0 Å². The van der Waals surface area contributed by atoms with Crippen molar-refractivity contribution in [3.05, 3.63) is 60.7 Å². The van der Waals surface area contributed by atoms with Gasteiger partial charge in [0, 0.05) is 17.7 Å². The van der Waals surface area contributed by atoms with Gasteiger partial charge in [0.1, 0.15) is 0 Å². The maximum Gasteiger partial charge on any atom is 0.261 e. The summed E-state index contributed by atoms with van der Waals surface area (Å²) >= 11 is 1.75. The van der Waals surface area contributed by atoms with E-state index in [9.17, 15) is 0 Å². The predicted octanol–water partition coefficient (Wildman–Crippen LogP) is 3.60. The first-order valence-corrected chi connectivity index (χ1v) is 11.5. The second-order valence-electron chi connectivity index (χ2n) is 7.09. The summed E-state index contributed by atoms with van der Waals surface area (Å²) in [7, 11) is -2.38. The van der Waals surface area contributed by atoms with Gasteiger partial charge in [-0.05, 0) is 22.3 Å². The second-order valence-corrected chi connectivity index (χ2v) is 12.9. The molecule has 2 nitrogen and oxygen atoms in total. The van der Waals surface area contributed by atoms with Crippen molar-refractivity contribution in [1.82, 2.24) is 0 Å². The zero-order valence-corrected chi connectivity index (χ0v) is 17.0. The maximum atomic E-state index is 6.78. The Labute approximate surface area is 151 Å². The highest BCUT2D eigenvalue weighted by molar-refractivity contribution is 7.99. The first-order chi connectivity index (χ1) is 11.4. The van der Waals surface area contributed by atoms with Gasteiger partial charge in [-0.15, -0.1) is 11.8 Å². The predicted molar refractivity (Wildman–Crippen MR) is 110 cm³/mol. The van der Waals surface area contributed by atoms with Gasteiger partial charge >= 0.3 is 0 Å². The van der Waals surface area contributed by atoms with Gasteiger partial charge < -0.3 is 10.2 Å². The van der Waals surface area contributed by atoms with Gasteiger partial charge in [0.25, 0.3) is 8.32 Å². The Balaban J connectivity index is 2.45. The molecule has 0 aliphatic heterocycles. The number of nitrogens with two attached hydrogens (primary N) is 1. The largest absolute Gasteiger partial charge is 0.407 e. The molecule has 2 aromatic carbocycles. The molecule has 0 saturated carbocycles. The summed E-state index contributed by atoms with van der Waals surface area (Å²) < 4.78 is 6.78. The van der Waals surface area contributed by atoms with Crippen molar-refractivity contribution in [2.45, 2.75) is 38.1 Å². The highest BCUT2D eigenvalue weighted by Gasteiger charge is 2.49. The Morgan fingerprint density at radius 1 is 0.958 bits per heavy atom. The Morgan fingerprint density at radius 2 is 1.42 bits per heavy atom. The van der Waals surface area contributed by atoms with Crippen LogP contribution in [0, 0.1) is 0 Å². The highest BCUT2D eigenvalue weighted by atomic mass is 32.2. The van der Waals surface area contributed by atoms with E-state index in [1.165, 1.54) is 10.4 Å². The minimum Gasteiger partial charge on any atom is -0.407 e. The summed E-state index contributed by atoms with van der Waals surface area (Å²) in [6.07, 6.45) is 0. The lowest BCUT2D eigenvalue weighted by atomic mass is 10.2. The van der Waals surface area contributed by atoms with Crippen LogP contribution in [0.25, 0.3) is 0 Å². The monoisotopic (exact) mass is 359 g/mol. The molecular formula is C20H29NOSSi. The van der Waals surface area contributed by atoms with Gasteiger partial charge in [-0.2, -0.15) is 0 Å². The number of rotatable bonds is 7. The van der Waals surface area contributed by atoms with Gasteiger partial charge in [0.05, 0.1) is 0 Å². The maximum absolute atomic E-state index is 6.78. The summed E-state index contributed by atoms with van der Waals surface area (Å²) in [4.78, 5) is 0. The van der Waals surface area contributed by atoms with Crippen LogP contribution in [0.5, 0.6) is 0 Å². The van der Waals surface area contributed by atoms with Crippen molar-refractivity contribution < 1.29 is 4.43 Å². The van der Waals surface area contributed by atoms with Crippen LogP contribution < -0.4 is 16.1 Å². The molecule has 2 N–H and O–H groups in total. The van der Waals surface area contributed by atoms with E-state index in [1.807, 2.05) is 6.92 Å². The fourth-order valence-corrected chi connectivity index (χ4v) is 8.45. The van der Waals surface area contributed by atoms with Crippen LogP contribution in [0.4, 0.5) is 0 Å². The topological polar surface area (TPSA) is 35.2 Å². The Bertz CT molecular complexity index is 571. The smallest absolute Gasteiger partial charge is 0.261 e. The van der Waals surface area contributed by atoms with Crippen LogP contribution in [-0.4, -0.2) is 26.1 Å². The van der Waals surface area contributed by atoms with Crippen LogP contribution in [0.15, 0.2) is 60.7 Å². The van der Waals surface area contributed by atoms with Crippen LogP contribution in [0.2, 0.25) is 5.04 Å². The first-order valence-electron chi connectivity index (χ1n) is 8.50. The Morgan fingerprint density at radius 3 is 1.79 bits per heavy atom. The molecule has 1 unspecified atom stereocenters. The van der Waals surface area contributed by atoms with Crippen molar-refractivity contribution >= 4 is 30.5 Å². The fourth-order valence-electron chi connectivity index (χ4n) is 3.19. The molecule has 24 heavy (non-hydrogen) atoms. The molecule has 0 spiro atoms. The highest BCUT2D eigenvalue weighted by Crippen LogP contribution is 2.36. The van der Waals surface area contributed by atoms with Gasteiger partial charge in [0.2, 0.25) is 0 Å². The number of thioether (sulfide) groups is 1. The van der Waals surface area contributed by atoms with E-state index in [2.05, 4.69) is 81.4 Å². The quantitative estimate of drug-likeness (QED) is 0.466.